The molecule has 0 atom stereocenters. The third-order valence-corrected chi connectivity index (χ3v) is 15.5. The fourth-order valence-electron chi connectivity index (χ4n) is 5.26. The number of hydrogen-bond acceptors (Lipinski definition) is 0. The summed E-state index contributed by atoms with van der Waals surface area (Å²) in [6.07, 6.45) is 7.31. The van der Waals surface area contributed by atoms with E-state index >= 15 is 0 Å². The zero-order valence-electron chi connectivity index (χ0n) is 21.2. The Morgan fingerprint density at radius 2 is 0.629 bits per heavy atom. The van der Waals surface area contributed by atoms with Gasteiger partial charge in [-0.25, -0.2) is 0 Å². The average molecular weight is 497 g/mol. The molecule has 4 aromatic carbocycles. The lowest BCUT2D eigenvalue weighted by atomic mass is 10.2. The van der Waals surface area contributed by atoms with Crippen molar-refractivity contribution in [1.29, 1.82) is 0 Å². The molecule has 35 heavy (non-hydrogen) atoms. The molecular formula is C33H38P2. The molecule has 0 saturated carbocycles. The van der Waals surface area contributed by atoms with Crippen LogP contribution in [0.3, 0.4) is 0 Å². The Bertz CT molecular complexity index is 935. The predicted octanol–water partition coefficient (Wildman–Crippen LogP) is 10.3. The highest BCUT2D eigenvalue weighted by Gasteiger charge is 2.42. The summed E-state index contributed by atoms with van der Waals surface area (Å²) < 4.78 is 0. The summed E-state index contributed by atoms with van der Waals surface area (Å²) in [4.78, 5) is 0.363. The van der Waals surface area contributed by atoms with Crippen molar-refractivity contribution < 1.29 is 0 Å². The normalized spacial score (nSPS) is 11.8. The van der Waals surface area contributed by atoms with Crippen molar-refractivity contribution in [3.05, 3.63) is 144 Å². The van der Waals surface area contributed by atoms with E-state index in [1.807, 2.05) is 0 Å². The van der Waals surface area contributed by atoms with Crippen LogP contribution in [0.1, 0.15) is 48.9 Å². The summed E-state index contributed by atoms with van der Waals surface area (Å²) in [7, 11) is -0.528. The first kappa shape index (κ1) is 25.8. The Morgan fingerprint density at radius 1 is 0.400 bits per heavy atom. The van der Waals surface area contributed by atoms with Gasteiger partial charge in [-0.05, 0) is 59.7 Å². The minimum Gasteiger partial charge on any atom is -0.0869 e. The van der Waals surface area contributed by atoms with E-state index in [9.17, 15) is 0 Å². The molecule has 0 fully saturated rings. The molecule has 0 unspecified atom stereocenters. The van der Waals surface area contributed by atoms with Crippen LogP contribution in [0, 0.1) is 0 Å². The first-order valence-corrected chi connectivity index (χ1v) is 16.3. The molecule has 0 saturated heterocycles. The van der Waals surface area contributed by atoms with Crippen LogP contribution in [-0.2, 0) is 24.6 Å². The second kappa shape index (κ2) is 13.2. The molecule has 0 spiro atoms. The topological polar surface area (TPSA) is 0 Å². The Labute approximate surface area is 215 Å². The average Bonchev–Trinajstić information content (AvgIpc) is 2.92. The zero-order valence-corrected chi connectivity index (χ0v) is 23.0. The van der Waals surface area contributed by atoms with Gasteiger partial charge in [0.1, 0.15) is 0 Å². The Hall–Kier alpha value is -2.26. The van der Waals surface area contributed by atoms with Crippen molar-refractivity contribution >= 4 is 15.8 Å². The molecule has 0 aromatic heterocycles. The summed E-state index contributed by atoms with van der Waals surface area (Å²) in [6.45, 7) is 4.94. The largest absolute Gasteiger partial charge is 0.0869 e. The van der Waals surface area contributed by atoms with Crippen LogP contribution < -0.4 is 0 Å². The number of hydrogen-bond donors (Lipinski definition) is 0. The van der Waals surface area contributed by atoms with E-state index in [1.54, 1.807) is 0 Å². The van der Waals surface area contributed by atoms with Crippen LogP contribution in [-0.4, -0.2) is 4.90 Å². The van der Waals surface area contributed by atoms with Gasteiger partial charge in [0.05, 0.1) is 0 Å². The minimum atomic E-state index is -0.264. The SMILES string of the molecule is CCC(CC)(P(Cc1ccccc1)Cc1ccccc1)P(Cc1ccccc1)Cc1ccccc1. The van der Waals surface area contributed by atoms with Crippen LogP contribution in [0.4, 0.5) is 0 Å². The van der Waals surface area contributed by atoms with Gasteiger partial charge in [0.15, 0.2) is 0 Å². The molecule has 4 aromatic rings. The molecule has 0 bridgehead atoms. The quantitative estimate of drug-likeness (QED) is 0.171. The van der Waals surface area contributed by atoms with Crippen molar-refractivity contribution in [2.45, 2.75) is 56.2 Å². The fourth-order valence-corrected chi connectivity index (χ4v) is 13.5. The monoisotopic (exact) mass is 496 g/mol. The van der Waals surface area contributed by atoms with Crippen LogP contribution in [0.5, 0.6) is 0 Å². The van der Waals surface area contributed by atoms with Crippen molar-refractivity contribution in [1.82, 2.24) is 0 Å². The van der Waals surface area contributed by atoms with E-state index in [1.165, 1.54) is 59.7 Å². The van der Waals surface area contributed by atoms with E-state index in [0.717, 1.165) is 0 Å². The highest BCUT2D eigenvalue weighted by Crippen LogP contribution is 2.74. The summed E-state index contributed by atoms with van der Waals surface area (Å²) >= 11 is 0. The van der Waals surface area contributed by atoms with Gasteiger partial charge in [-0.3, -0.25) is 0 Å². The first-order valence-electron chi connectivity index (χ1n) is 12.9. The standard InChI is InChI=1S/C33H38P2/c1-3-33(4-2,34(25-29-17-9-5-10-18-29)26-30-19-11-6-12-20-30)35(27-31-21-13-7-14-22-31)28-32-23-15-8-16-24-32/h5-24H,3-4,25-28H2,1-2H3. The molecule has 0 nitrogen and oxygen atoms in total. The van der Waals surface area contributed by atoms with E-state index in [2.05, 4.69) is 135 Å². The third-order valence-electron chi connectivity index (χ3n) is 7.17. The highest BCUT2D eigenvalue weighted by atomic mass is 31.2. The summed E-state index contributed by atoms with van der Waals surface area (Å²) in [5, 5.41) is 0. The second-order valence-electron chi connectivity index (χ2n) is 9.34. The van der Waals surface area contributed by atoms with Crippen molar-refractivity contribution in [3.8, 4) is 0 Å². The van der Waals surface area contributed by atoms with Crippen molar-refractivity contribution in [2.75, 3.05) is 0 Å². The van der Waals surface area contributed by atoms with Crippen molar-refractivity contribution in [3.63, 3.8) is 0 Å². The number of benzene rings is 4. The summed E-state index contributed by atoms with van der Waals surface area (Å²) in [5.41, 5.74) is 5.98. The van der Waals surface area contributed by atoms with E-state index in [-0.39, 0.29) is 15.8 Å². The van der Waals surface area contributed by atoms with Gasteiger partial charge in [0.25, 0.3) is 0 Å². The van der Waals surface area contributed by atoms with Crippen molar-refractivity contribution in [2.24, 2.45) is 0 Å². The van der Waals surface area contributed by atoms with Gasteiger partial charge in [-0.1, -0.05) is 151 Å². The Morgan fingerprint density at radius 3 is 0.829 bits per heavy atom. The molecule has 0 radical (unpaired) electrons. The lowest BCUT2D eigenvalue weighted by molar-refractivity contribution is 0.703. The first-order chi connectivity index (χ1) is 17.2. The molecule has 0 N–H and O–H groups in total. The molecule has 0 aliphatic rings. The molecule has 0 aliphatic heterocycles. The highest BCUT2D eigenvalue weighted by molar-refractivity contribution is 7.76. The van der Waals surface area contributed by atoms with E-state index < -0.39 is 0 Å². The lowest BCUT2D eigenvalue weighted by Gasteiger charge is -2.47. The van der Waals surface area contributed by atoms with E-state index in [0.29, 0.717) is 4.90 Å². The second-order valence-corrected chi connectivity index (χ2v) is 14.8. The molecule has 4 rings (SSSR count). The Kier molecular flexibility index (Phi) is 9.71. The smallest absolute Gasteiger partial charge is 0.0113 e. The van der Waals surface area contributed by atoms with Gasteiger partial charge >= 0.3 is 0 Å². The molecule has 2 heteroatoms. The van der Waals surface area contributed by atoms with Gasteiger partial charge in [-0.15, -0.1) is 0 Å². The van der Waals surface area contributed by atoms with Crippen LogP contribution in [0.2, 0.25) is 0 Å². The maximum atomic E-state index is 2.47. The molecular weight excluding hydrogens is 458 g/mol. The van der Waals surface area contributed by atoms with Crippen LogP contribution >= 0.6 is 15.8 Å². The number of rotatable bonds is 12. The molecule has 0 heterocycles. The summed E-state index contributed by atoms with van der Waals surface area (Å²) in [6, 6.07) is 45.0. The zero-order chi connectivity index (χ0) is 24.3. The van der Waals surface area contributed by atoms with Gasteiger partial charge in [-0.2, -0.15) is 0 Å². The van der Waals surface area contributed by atoms with Gasteiger partial charge in [0, 0.05) is 4.90 Å². The molecule has 0 aliphatic carbocycles. The fraction of sp³-hybridized carbons (Fsp3) is 0.273. The van der Waals surface area contributed by atoms with Gasteiger partial charge < -0.3 is 0 Å². The maximum Gasteiger partial charge on any atom is 0.0113 e. The van der Waals surface area contributed by atoms with Crippen LogP contribution in [0.25, 0.3) is 0 Å². The third kappa shape index (κ3) is 6.91. The maximum absolute atomic E-state index is 2.47. The lowest BCUT2D eigenvalue weighted by Crippen LogP contribution is -2.26. The Balaban J connectivity index is 1.76. The van der Waals surface area contributed by atoms with E-state index in [4.69, 9.17) is 0 Å². The molecule has 180 valence electrons. The molecule has 0 amide bonds. The summed E-state index contributed by atoms with van der Waals surface area (Å²) in [5.74, 6) is 0. The minimum absolute atomic E-state index is 0.264. The van der Waals surface area contributed by atoms with Crippen LogP contribution in [0.15, 0.2) is 121 Å². The van der Waals surface area contributed by atoms with Gasteiger partial charge in [0.2, 0.25) is 0 Å². The predicted molar refractivity (Wildman–Crippen MR) is 158 cm³/mol.